The summed E-state index contributed by atoms with van der Waals surface area (Å²) in [5.74, 6) is 1.77. The molecule has 0 bridgehead atoms. The molecule has 5 rings (SSSR count). The highest BCUT2D eigenvalue weighted by Crippen LogP contribution is 2.45. The number of methoxy groups -OCH3 is 1. The van der Waals surface area contributed by atoms with E-state index in [4.69, 9.17) is 21.4 Å². The van der Waals surface area contributed by atoms with Crippen LogP contribution in [0, 0.1) is 5.82 Å². The number of anilines is 1. The first-order chi connectivity index (χ1) is 15.7. The fraction of sp³-hybridized carbons (Fsp3) is 0.120. The predicted octanol–water partition coefficient (Wildman–Crippen LogP) is 5.67. The van der Waals surface area contributed by atoms with E-state index in [2.05, 4.69) is 10.3 Å². The quantitative estimate of drug-likeness (QED) is 0.400. The number of halogens is 1. The lowest BCUT2D eigenvalue weighted by atomic mass is 10.0. The molecule has 2 aromatic heterocycles. The number of nitrogens with zero attached hydrogens (tertiary/aromatic N) is 2. The van der Waals surface area contributed by atoms with Crippen LogP contribution in [0.25, 0.3) is 11.3 Å². The van der Waals surface area contributed by atoms with Crippen LogP contribution in [-0.2, 0) is 0 Å². The minimum Gasteiger partial charge on any atom is -0.495 e. The van der Waals surface area contributed by atoms with Gasteiger partial charge in [0.2, 0.25) is 0 Å². The minimum absolute atomic E-state index is 0.235. The fourth-order valence-electron chi connectivity index (χ4n) is 4.01. The molecule has 3 heterocycles. The maximum Gasteiger partial charge on any atom is 0.174 e. The van der Waals surface area contributed by atoms with Crippen molar-refractivity contribution in [2.24, 2.45) is 0 Å². The lowest BCUT2D eigenvalue weighted by molar-refractivity contribution is 0.409. The molecule has 0 radical (unpaired) electrons. The van der Waals surface area contributed by atoms with E-state index in [0.717, 1.165) is 16.9 Å². The number of ether oxygens (including phenoxy) is 1. The van der Waals surface area contributed by atoms with Crippen molar-refractivity contribution in [1.29, 1.82) is 0 Å². The summed E-state index contributed by atoms with van der Waals surface area (Å²) in [6.45, 7) is 0. The first-order valence-corrected chi connectivity index (χ1v) is 10.6. The van der Waals surface area contributed by atoms with Gasteiger partial charge in [-0.25, -0.2) is 4.39 Å². The average molecular weight is 446 g/mol. The lowest BCUT2D eigenvalue weighted by Gasteiger charge is -2.27. The zero-order valence-electron chi connectivity index (χ0n) is 17.2. The van der Waals surface area contributed by atoms with Crippen molar-refractivity contribution in [3.8, 4) is 17.1 Å². The van der Waals surface area contributed by atoms with Crippen LogP contribution < -0.4 is 15.0 Å². The summed E-state index contributed by atoms with van der Waals surface area (Å²) >= 11 is 5.75. The van der Waals surface area contributed by atoms with Gasteiger partial charge in [-0.2, -0.15) is 0 Å². The topological polar surface area (TPSA) is 50.5 Å². The van der Waals surface area contributed by atoms with E-state index < -0.39 is 0 Å². The molecule has 0 unspecified atom stereocenters. The van der Waals surface area contributed by atoms with Gasteiger partial charge in [0.15, 0.2) is 5.11 Å². The van der Waals surface area contributed by atoms with E-state index >= 15 is 0 Å². The van der Waals surface area contributed by atoms with Gasteiger partial charge in [0.1, 0.15) is 29.1 Å². The van der Waals surface area contributed by atoms with Crippen LogP contribution in [0.3, 0.4) is 0 Å². The van der Waals surface area contributed by atoms with Crippen molar-refractivity contribution in [3.05, 3.63) is 102 Å². The predicted molar refractivity (Wildman–Crippen MR) is 125 cm³/mol. The molecule has 2 atom stereocenters. The molecule has 4 aromatic rings. The zero-order valence-corrected chi connectivity index (χ0v) is 18.1. The lowest BCUT2D eigenvalue weighted by Crippen LogP contribution is -2.29. The number of furan rings is 1. The number of thiocarbonyl (C=S) groups is 1. The van der Waals surface area contributed by atoms with Gasteiger partial charge in [-0.3, -0.25) is 4.98 Å². The molecule has 1 N–H and O–H groups in total. The van der Waals surface area contributed by atoms with Crippen LogP contribution in [-0.4, -0.2) is 17.2 Å². The van der Waals surface area contributed by atoms with Gasteiger partial charge < -0.3 is 19.4 Å². The molecule has 1 fully saturated rings. The van der Waals surface area contributed by atoms with E-state index in [9.17, 15) is 4.39 Å². The summed E-state index contributed by atoms with van der Waals surface area (Å²) in [5, 5.41) is 3.96. The van der Waals surface area contributed by atoms with Gasteiger partial charge in [0.05, 0.1) is 24.5 Å². The normalized spacial score (nSPS) is 17.9. The van der Waals surface area contributed by atoms with Gasteiger partial charge >= 0.3 is 0 Å². The Balaban J connectivity index is 1.61. The molecular formula is C25H20FN3O2S. The number of benzene rings is 2. The van der Waals surface area contributed by atoms with Crippen LogP contribution in [0.5, 0.6) is 5.75 Å². The Labute approximate surface area is 190 Å². The Morgan fingerprint density at radius 1 is 1.00 bits per heavy atom. The molecular weight excluding hydrogens is 425 g/mol. The van der Waals surface area contributed by atoms with Crippen LogP contribution >= 0.6 is 12.2 Å². The smallest absolute Gasteiger partial charge is 0.174 e. The van der Waals surface area contributed by atoms with Gasteiger partial charge in [-0.1, -0.05) is 18.2 Å². The van der Waals surface area contributed by atoms with Crippen molar-refractivity contribution in [2.45, 2.75) is 12.1 Å². The Kier molecular flexibility index (Phi) is 5.33. The Hall–Kier alpha value is -3.71. The molecule has 160 valence electrons. The van der Waals surface area contributed by atoms with Gasteiger partial charge in [-0.05, 0) is 72.9 Å². The number of pyridine rings is 1. The van der Waals surface area contributed by atoms with Crippen molar-refractivity contribution >= 4 is 23.0 Å². The molecule has 2 aromatic carbocycles. The monoisotopic (exact) mass is 445 g/mol. The van der Waals surface area contributed by atoms with Crippen LogP contribution in [0.15, 0.2) is 89.5 Å². The highest BCUT2D eigenvalue weighted by molar-refractivity contribution is 7.80. The molecule has 1 saturated heterocycles. The molecule has 0 saturated carbocycles. The third-order valence-corrected chi connectivity index (χ3v) is 5.80. The molecule has 7 heteroatoms. The van der Waals surface area contributed by atoms with Crippen LogP contribution in [0.4, 0.5) is 10.1 Å². The Morgan fingerprint density at radius 3 is 2.53 bits per heavy atom. The fourth-order valence-corrected chi connectivity index (χ4v) is 4.35. The Morgan fingerprint density at radius 2 is 1.78 bits per heavy atom. The third kappa shape index (κ3) is 3.61. The van der Waals surface area contributed by atoms with E-state index in [1.54, 1.807) is 25.4 Å². The zero-order chi connectivity index (χ0) is 22.1. The van der Waals surface area contributed by atoms with Crippen molar-refractivity contribution < 1.29 is 13.5 Å². The highest BCUT2D eigenvalue weighted by atomic mass is 32.1. The van der Waals surface area contributed by atoms with Crippen molar-refractivity contribution in [1.82, 2.24) is 10.3 Å². The second kappa shape index (κ2) is 8.43. The maximum absolute atomic E-state index is 13.4. The molecule has 0 aliphatic carbocycles. The van der Waals surface area contributed by atoms with E-state index in [0.29, 0.717) is 22.4 Å². The van der Waals surface area contributed by atoms with Gasteiger partial charge in [0, 0.05) is 11.8 Å². The Bertz CT molecular complexity index is 1240. The summed E-state index contributed by atoms with van der Waals surface area (Å²) in [7, 11) is 1.64. The van der Waals surface area contributed by atoms with Crippen molar-refractivity contribution in [2.75, 3.05) is 12.0 Å². The second-order valence-corrected chi connectivity index (χ2v) is 7.76. The van der Waals surface area contributed by atoms with Crippen LogP contribution in [0.2, 0.25) is 0 Å². The summed E-state index contributed by atoms with van der Waals surface area (Å²) in [6.07, 6.45) is 1.76. The first-order valence-electron chi connectivity index (χ1n) is 10.1. The largest absolute Gasteiger partial charge is 0.495 e. The van der Waals surface area contributed by atoms with E-state index in [1.807, 2.05) is 59.5 Å². The van der Waals surface area contributed by atoms with Crippen molar-refractivity contribution in [3.63, 3.8) is 0 Å². The summed E-state index contributed by atoms with van der Waals surface area (Å²) in [5.41, 5.74) is 2.47. The number of nitrogens with one attached hydrogen (secondary N) is 1. The third-order valence-electron chi connectivity index (χ3n) is 5.49. The molecule has 0 spiro atoms. The molecule has 5 nitrogen and oxygen atoms in total. The molecule has 1 aliphatic rings. The number of para-hydroxylation sites is 2. The highest BCUT2D eigenvalue weighted by Gasteiger charge is 2.43. The van der Waals surface area contributed by atoms with Gasteiger partial charge in [0.25, 0.3) is 0 Å². The first kappa shape index (κ1) is 20.2. The molecule has 0 amide bonds. The minimum atomic E-state index is -0.303. The van der Waals surface area contributed by atoms with E-state index in [1.165, 1.54) is 12.1 Å². The van der Waals surface area contributed by atoms with E-state index in [-0.39, 0.29) is 17.9 Å². The maximum atomic E-state index is 13.4. The molecule has 1 aliphatic heterocycles. The average Bonchev–Trinajstić information content (AvgIpc) is 3.44. The number of hydrogen-bond acceptors (Lipinski definition) is 4. The second-order valence-electron chi connectivity index (χ2n) is 7.38. The number of aromatic nitrogens is 1. The number of hydrogen-bond donors (Lipinski definition) is 1. The summed E-state index contributed by atoms with van der Waals surface area (Å²) in [4.78, 5) is 6.55. The molecule has 32 heavy (non-hydrogen) atoms. The standard InChI is InChI=1S/C25H20FN3O2S/c1-30-21-8-3-2-7-19(21)29-24(23(28-25(29)32)18-6-4-5-15-27-18)22-14-13-20(31-22)16-9-11-17(26)12-10-16/h2-15,23-24H,1H3,(H,28,32)/t23-,24-/m1/s1. The summed E-state index contributed by atoms with van der Waals surface area (Å²) in [6, 6.07) is 23.0. The van der Waals surface area contributed by atoms with Crippen LogP contribution in [0.1, 0.15) is 23.5 Å². The SMILES string of the molecule is COc1ccccc1N1C(=S)N[C@H](c2ccccn2)[C@H]1c1ccc(-c2ccc(F)cc2)o1. The number of rotatable bonds is 5. The van der Waals surface area contributed by atoms with Gasteiger partial charge in [-0.15, -0.1) is 0 Å². The summed E-state index contributed by atoms with van der Waals surface area (Å²) < 4.78 is 25.3.